The highest BCUT2D eigenvalue weighted by Crippen LogP contribution is 2.36. The first kappa shape index (κ1) is 16.7. The minimum Gasteiger partial charge on any atom is -0.497 e. The molecule has 6 heteroatoms. The van der Waals surface area contributed by atoms with Crippen LogP contribution in [0.2, 0.25) is 0 Å². The zero-order valence-electron chi connectivity index (χ0n) is 15.2. The molecule has 26 heavy (non-hydrogen) atoms. The molecular formula is C20H24N4O2. The Balaban J connectivity index is 1.47. The number of hydrogen-bond donors (Lipinski definition) is 2. The normalized spacial score (nSPS) is 17.1. The van der Waals surface area contributed by atoms with Crippen molar-refractivity contribution in [2.24, 2.45) is 0 Å². The zero-order valence-corrected chi connectivity index (χ0v) is 15.2. The van der Waals surface area contributed by atoms with Crippen LogP contribution in [0.1, 0.15) is 41.7 Å². The highest BCUT2D eigenvalue weighted by molar-refractivity contribution is 5.96. The van der Waals surface area contributed by atoms with Gasteiger partial charge in [-0.15, -0.1) is 0 Å². The van der Waals surface area contributed by atoms with Crippen LogP contribution in [-0.2, 0) is 0 Å². The van der Waals surface area contributed by atoms with E-state index in [1.165, 1.54) is 12.8 Å². The first-order chi connectivity index (χ1) is 12.7. The second-order valence-electron chi connectivity index (χ2n) is 6.91. The lowest BCUT2D eigenvalue weighted by Gasteiger charge is -2.31. The van der Waals surface area contributed by atoms with E-state index in [0.29, 0.717) is 11.6 Å². The first-order valence-electron chi connectivity index (χ1n) is 9.11. The summed E-state index contributed by atoms with van der Waals surface area (Å²) in [6, 6.07) is 10.2. The van der Waals surface area contributed by atoms with Gasteiger partial charge in [0, 0.05) is 25.3 Å². The molecule has 1 atom stereocenters. The van der Waals surface area contributed by atoms with Crippen LogP contribution in [0.4, 0.5) is 11.5 Å². The average Bonchev–Trinajstić information content (AvgIpc) is 3.52. The predicted octanol–water partition coefficient (Wildman–Crippen LogP) is 2.98. The Hall–Kier alpha value is -2.76. The Morgan fingerprint density at radius 1 is 1.35 bits per heavy atom. The van der Waals surface area contributed by atoms with E-state index in [0.717, 1.165) is 35.9 Å². The van der Waals surface area contributed by atoms with Crippen molar-refractivity contribution < 1.29 is 9.53 Å². The van der Waals surface area contributed by atoms with Crippen molar-refractivity contribution in [3.8, 4) is 5.75 Å². The number of hydrogen-bond acceptors (Lipinski definition) is 5. The number of nitrogens with zero attached hydrogens (tertiary/aromatic N) is 2. The molecule has 2 aliphatic rings. The van der Waals surface area contributed by atoms with Gasteiger partial charge in [-0.2, -0.15) is 0 Å². The van der Waals surface area contributed by atoms with Gasteiger partial charge in [-0.3, -0.25) is 4.79 Å². The van der Waals surface area contributed by atoms with Gasteiger partial charge in [-0.1, -0.05) is 12.1 Å². The second kappa shape index (κ2) is 6.86. The highest BCUT2D eigenvalue weighted by Gasteiger charge is 2.33. The summed E-state index contributed by atoms with van der Waals surface area (Å²) in [6.07, 6.45) is 4.16. The maximum Gasteiger partial charge on any atom is 0.253 e. The van der Waals surface area contributed by atoms with Crippen molar-refractivity contribution in [2.45, 2.75) is 31.8 Å². The third kappa shape index (κ3) is 3.31. The van der Waals surface area contributed by atoms with Crippen LogP contribution in [0.5, 0.6) is 5.75 Å². The molecule has 1 amide bonds. The zero-order chi connectivity index (χ0) is 18.1. The van der Waals surface area contributed by atoms with E-state index in [4.69, 9.17) is 4.74 Å². The molecule has 0 spiro atoms. The molecule has 136 valence electrons. The van der Waals surface area contributed by atoms with Crippen molar-refractivity contribution in [1.82, 2.24) is 10.3 Å². The van der Waals surface area contributed by atoms with E-state index >= 15 is 0 Å². The fourth-order valence-corrected chi connectivity index (χ4v) is 3.36. The predicted molar refractivity (Wildman–Crippen MR) is 102 cm³/mol. The lowest BCUT2D eigenvalue weighted by Crippen LogP contribution is -2.36. The van der Waals surface area contributed by atoms with Crippen molar-refractivity contribution in [3.63, 3.8) is 0 Å². The molecule has 2 aromatic rings. The van der Waals surface area contributed by atoms with Crippen LogP contribution in [0.3, 0.4) is 0 Å². The molecule has 6 nitrogen and oxygen atoms in total. The van der Waals surface area contributed by atoms with Gasteiger partial charge in [-0.25, -0.2) is 4.98 Å². The summed E-state index contributed by atoms with van der Waals surface area (Å²) in [7, 11) is 1.64. The van der Waals surface area contributed by atoms with Gasteiger partial charge in [0.25, 0.3) is 5.91 Å². The van der Waals surface area contributed by atoms with E-state index in [2.05, 4.69) is 20.5 Å². The summed E-state index contributed by atoms with van der Waals surface area (Å²) in [6.45, 7) is 3.84. The highest BCUT2D eigenvalue weighted by atomic mass is 16.5. The summed E-state index contributed by atoms with van der Waals surface area (Å²) in [4.78, 5) is 19.6. The lowest BCUT2D eigenvalue weighted by atomic mass is 10.1. The summed E-state index contributed by atoms with van der Waals surface area (Å²) in [5, 5.41) is 6.41. The van der Waals surface area contributed by atoms with Gasteiger partial charge in [0.15, 0.2) is 5.82 Å². The molecule has 2 heterocycles. The number of amides is 1. The monoisotopic (exact) mass is 352 g/mol. The van der Waals surface area contributed by atoms with Crippen LogP contribution in [0.25, 0.3) is 0 Å². The largest absolute Gasteiger partial charge is 0.497 e. The number of anilines is 2. The molecule has 1 aliphatic heterocycles. The van der Waals surface area contributed by atoms with E-state index in [9.17, 15) is 4.79 Å². The average molecular weight is 352 g/mol. The maximum absolute atomic E-state index is 12.6. The van der Waals surface area contributed by atoms with Crippen molar-refractivity contribution >= 4 is 17.4 Å². The van der Waals surface area contributed by atoms with Gasteiger partial charge in [0.1, 0.15) is 5.75 Å². The summed E-state index contributed by atoms with van der Waals surface area (Å²) in [5.74, 6) is 1.66. The minimum atomic E-state index is -0.117. The van der Waals surface area contributed by atoms with Gasteiger partial charge in [-0.05, 0) is 43.5 Å². The molecule has 1 saturated carbocycles. The van der Waals surface area contributed by atoms with Gasteiger partial charge < -0.3 is 20.3 Å². The van der Waals surface area contributed by atoms with Crippen molar-refractivity contribution in [1.29, 1.82) is 0 Å². The molecule has 1 aromatic carbocycles. The van der Waals surface area contributed by atoms with E-state index in [1.807, 2.05) is 37.3 Å². The van der Waals surface area contributed by atoms with Crippen LogP contribution in [-0.4, -0.2) is 37.1 Å². The van der Waals surface area contributed by atoms with Crippen LogP contribution < -0.4 is 20.3 Å². The Labute approximate surface area is 153 Å². The number of benzene rings is 1. The third-order valence-corrected chi connectivity index (χ3v) is 5.02. The smallest absolute Gasteiger partial charge is 0.253 e. The van der Waals surface area contributed by atoms with Crippen LogP contribution in [0, 0.1) is 0 Å². The second-order valence-corrected chi connectivity index (χ2v) is 6.91. The number of methoxy groups -OCH3 is 1. The number of carbonyl (C=O) groups is 1. The number of rotatable bonds is 5. The number of carbonyl (C=O) groups excluding carboxylic acids is 1. The molecule has 0 unspecified atom stereocenters. The molecule has 1 aromatic heterocycles. The SMILES string of the molecule is COc1ccc([C@H](C)NC(=O)c2cnc3c(c2)NCCN3C2CC2)cc1. The van der Waals surface area contributed by atoms with Gasteiger partial charge in [0.2, 0.25) is 0 Å². The van der Waals surface area contributed by atoms with E-state index < -0.39 is 0 Å². The van der Waals surface area contributed by atoms with Crippen LogP contribution in [0.15, 0.2) is 36.5 Å². The number of nitrogens with one attached hydrogen (secondary N) is 2. The van der Waals surface area contributed by atoms with Crippen LogP contribution >= 0.6 is 0 Å². The summed E-state index contributed by atoms with van der Waals surface area (Å²) < 4.78 is 5.18. The van der Waals surface area contributed by atoms with E-state index in [-0.39, 0.29) is 11.9 Å². The fourth-order valence-electron chi connectivity index (χ4n) is 3.36. The Kier molecular flexibility index (Phi) is 4.41. The number of aromatic nitrogens is 1. The maximum atomic E-state index is 12.6. The number of pyridine rings is 1. The van der Waals surface area contributed by atoms with Crippen molar-refractivity contribution in [3.05, 3.63) is 47.7 Å². The van der Waals surface area contributed by atoms with Gasteiger partial charge in [0.05, 0.1) is 24.4 Å². The number of fused-ring (bicyclic) bond motifs is 1. The lowest BCUT2D eigenvalue weighted by molar-refractivity contribution is 0.0939. The molecule has 4 rings (SSSR count). The number of ether oxygens (including phenoxy) is 1. The summed E-state index contributed by atoms with van der Waals surface area (Å²) >= 11 is 0. The fraction of sp³-hybridized carbons (Fsp3) is 0.400. The molecule has 0 radical (unpaired) electrons. The molecule has 1 fully saturated rings. The summed E-state index contributed by atoms with van der Waals surface area (Å²) in [5.41, 5.74) is 2.56. The molecule has 0 saturated heterocycles. The Morgan fingerprint density at radius 3 is 2.81 bits per heavy atom. The quantitative estimate of drug-likeness (QED) is 0.866. The molecule has 2 N–H and O–H groups in total. The third-order valence-electron chi connectivity index (χ3n) is 5.02. The topological polar surface area (TPSA) is 66.5 Å². The Bertz CT molecular complexity index is 802. The standard InChI is InChI=1S/C20H24N4O2/c1-13(14-3-7-17(26-2)8-4-14)23-20(25)15-11-18-19(22-12-15)24(10-9-21-18)16-5-6-16/h3-4,7-8,11-13,16,21H,5-6,9-10H2,1-2H3,(H,23,25)/t13-/m0/s1. The Morgan fingerprint density at radius 2 is 2.12 bits per heavy atom. The first-order valence-corrected chi connectivity index (χ1v) is 9.11. The van der Waals surface area contributed by atoms with Crippen molar-refractivity contribution in [2.75, 3.05) is 30.4 Å². The van der Waals surface area contributed by atoms with Gasteiger partial charge >= 0.3 is 0 Å². The molecule has 1 aliphatic carbocycles. The molecule has 0 bridgehead atoms. The minimum absolute atomic E-state index is 0.0969. The van der Waals surface area contributed by atoms with E-state index in [1.54, 1.807) is 13.3 Å². The molecular weight excluding hydrogens is 328 g/mol.